The standard InChI is InChI=1S/C18H14N6O/c19-10-13-4-3-6-14(8-13)24-17-9-16(22-12-23-17)18(25)21-11-15-5-1-2-7-20-15/h1-9,12H,11H2,(H,21,25)(H,22,23,24). The highest BCUT2D eigenvalue weighted by Gasteiger charge is 2.09. The molecule has 2 heterocycles. The van der Waals surface area contributed by atoms with Gasteiger partial charge in [-0.15, -0.1) is 0 Å². The number of hydrogen-bond donors (Lipinski definition) is 2. The van der Waals surface area contributed by atoms with Crippen LogP contribution in [0.15, 0.2) is 61.1 Å². The topological polar surface area (TPSA) is 104 Å². The van der Waals surface area contributed by atoms with Gasteiger partial charge in [0.1, 0.15) is 17.8 Å². The minimum Gasteiger partial charge on any atom is -0.345 e. The number of carbonyl (C=O) groups excluding carboxylic acids is 1. The Bertz CT molecular complexity index is 920. The van der Waals surface area contributed by atoms with Gasteiger partial charge in [-0.25, -0.2) is 9.97 Å². The van der Waals surface area contributed by atoms with Crippen LogP contribution in [0, 0.1) is 11.3 Å². The van der Waals surface area contributed by atoms with E-state index in [9.17, 15) is 4.79 Å². The highest BCUT2D eigenvalue weighted by Crippen LogP contribution is 2.16. The number of rotatable bonds is 5. The van der Waals surface area contributed by atoms with Crippen molar-refractivity contribution in [1.29, 1.82) is 5.26 Å². The molecule has 3 rings (SSSR count). The molecule has 0 saturated heterocycles. The summed E-state index contributed by atoms with van der Waals surface area (Å²) in [6.45, 7) is 0.316. The van der Waals surface area contributed by atoms with E-state index in [0.29, 0.717) is 23.6 Å². The van der Waals surface area contributed by atoms with E-state index in [-0.39, 0.29) is 11.6 Å². The summed E-state index contributed by atoms with van der Waals surface area (Å²) in [7, 11) is 0. The molecule has 122 valence electrons. The summed E-state index contributed by atoms with van der Waals surface area (Å²) in [6, 6.07) is 16.1. The van der Waals surface area contributed by atoms with Crippen LogP contribution in [0.5, 0.6) is 0 Å². The maximum atomic E-state index is 12.2. The van der Waals surface area contributed by atoms with Crippen molar-refractivity contribution in [2.24, 2.45) is 0 Å². The molecule has 0 bridgehead atoms. The second kappa shape index (κ2) is 7.66. The Labute approximate surface area is 144 Å². The van der Waals surface area contributed by atoms with Crippen LogP contribution < -0.4 is 10.6 Å². The lowest BCUT2D eigenvalue weighted by atomic mass is 10.2. The van der Waals surface area contributed by atoms with Gasteiger partial charge in [-0.1, -0.05) is 12.1 Å². The van der Waals surface area contributed by atoms with Gasteiger partial charge in [0.05, 0.1) is 23.9 Å². The quantitative estimate of drug-likeness (QED) is 0.744. The summed E-state index contributed by atoms with van der Waals surface area (Å²) in [6.07, 6.45) is 2.98. The van der Waals surface area contributed by atoms with E-state index in [1.165, 1.54) is 6.33 Å². The van der Waals surface area contributed by atoms with E-state index >= 15 is 0 Å². The van der Waals surface area contributed by atoms with Crippen LogP contribution in [0.2, 0.25) is 0 Å². The van der Waals surface area contributed by atoms with E-state index < -0.39 is 0 Å². The van der Waals surface area contributed by atoms with Crippen LogP contribution in [0.25, 0.3) is 0 Å². The molecule has 25 heavy (non-hydrogen) atoms. The molecule has 0 unspecified atom stereocenters. The number of anilines is 2. The van der Waals surface area contributed by atoms with Crippen molar-refractivity contribution in [2.45, 2.75) is 6.54 Å². The van der Waals surface area contributed by atoms with E-state index in [1.807, 2.05) is 24.3 Å². The lowest BCUT2D eigenvalue weighted by Gasteiger charge is -2.08. The Morgan fingerprint density at radius 2 is 2.00 bits per heavy atom. The first kappa shape index (κ1) is 16.1. The summed E-state index contributed by atoms with van der Waals surface area (Å²) >= 11 is 0. The molecule has 0 saturated carbocycles. The number of hydrogen-bond acceptors (Lipinski definition) is 6. The van der Waals surface area contributed by atoms with Gasteiger partial charge in [-0.3, -0.25) is 9.78 Å². The third-order valence-corrected chi connectivity index (χ3v) is 3.32. The van der Waals surface area contributed by atoms with Crippen molar-refractivity contribution >= 4 is 17.4 Å². The van der Waals surface area contributed by atoms with Gasteiger partial charge in [-0.2, -0.15) is 5.26 Å². The Morgan fingerprint density at radius 3 is 2.80 bits per heavy atom. The summed E-state index contributed by atoms with van der Waals surface area (Å²) in [4.78, 5) is 24.5. The molecule has 0 spiro atoms. The molecule has 1 amide bonds. The molecule has 0 aliphatic heterocycles. The minimum atomic E-state index is -0.318. The number of nitrogens with one attached hydrogen (secondary N) is 2. The monoisotopic (exact) mass is 330 g/mol. The second-order valence-corrected chi connectivity index (χ2v) is 5.11. The molecule has 2 N–H and O–H groups in total. The highest BCUT2D eigenvalue weighted by molar-refractivity contribution is 5.92. The van der Waals surface area contributed by atoms with Crippen LogP contribution in [0.4, 0.5) is 11.5 Å². The normalized spacial score (nSPS) is 9.88. The van der Waals surface area contributed by atoms with Crippen LogP contribution >= 0.6 is 0 Å². The number of amides is 1. The molecular weight excluding hydrogens is 316 g/mol. The van der Waals surface area contributed by atoms with Crippen molar-refractivity contribution in [2.75, 3.05) is 5.32 Å². The SMILES string of the molecule is N#Cc1cccc(Nc2cc(C(=O)NCc3ccccn3)ncn2)c1. The second-order valence-electron chi connectivity index (χ2n) is 5.11. The van der Waals surface area contributed by atoms with Gasteiger partial charge in [0, 0.05) is 18.0 Å². The van der Waals surface area contributed by atoms with Gasteiger partial charge in [-0.05, 0) is 30.3 Å². The molecule has 2 aromatic heterocycles. The zero-order valence-electron chi connectivity index (χ0n) is 13.2. The van der Waals surface area contributed by atoms with E-state index in [4.69, 9.17) is 5.26 Å². The molecule has 1 aromatic carbocycles. The third kappa shape index (κ3) is 4.36. The number of pyridine rings is 1. The summed E-state index contributed by atoms with van der Waals surface area (Å²) in [5.74, 6) is 0.148. The van der Waals surface area contributed by atoms with Crippen molar-refractivity contribution in [1.82, 2.24) is 20.3 Å². The van der Waals surface area contributed by atoms with Crippen molar-refractivity contribution in [3.8, 4) is 6.07 Å². The van der Waals surface area contributed by atoms with Gasteiger partial charge in [0.2, 0.25) is 0 Å². The van der Waals surface area contributed by atoms with Crippen LogP contribution in [0.1, 0.15) is 21.7 Å². The van der Waals surface area contributed by atoms with Gasteiger partial charge >= 0.3 is 0 Å². The molecule has 7 heteroatoms. The Morgan fingerprint density at radius 1 is 1.08 bits per heavy atom. The first-order valence-electron chi connectivity index (χ1n) is 7.52. The third-order valence-electron chi connectivity index (χ3n) is 3.32. The van der Waals surface area contributed by atoms with Crippen LogP contribution in [0.3, 0.4) is 0 Å². The van der Waals surface area contributed by atoms with Crippen molar-refractivity contribution in [3.05, 3.63) is 78.0 Å². The summed E-state index contributed by atoms with van der Waals surface area (Å²) < 4.78 is 0. The smallest absolute Gasteiger partial charge is 0.270 e. The summed E-state index contributed by atoms with van der Waals surface area (Å²) in [5.41, 5.74) is 2.24. The number of nitrogens with zero attached hydrogens (tertiary/aromatic N) is 4. The Kier molecular flexibility index (Phi) is 4.93. The Balaban J connectivity index is 1.68. The van der Waals surface area contributed by atoms with Crippen molar-refractivity contribution < 1.29 is 4.79 Å². The van der Waals surface area contributed by atoms with Gasteiger partial charge in [0.15, 0.2) is 0 Å². The fourth-order valence-electron chi connectivity index (χ4n) is 2.13. The molecular formula is C18H14N6O. The molecule has 0 aliphatic rings. The van der Waals surface area contributed by atoms with Crippen LogP contribution in [-0.4, -0.2) is 20.9 Å². The average molecular weight is 330 g/mol. The largest absolute Gasteiger partial charge is 0.345 e. The fraction of sp³-hybridized carbons (Fsp3) is 0.0556. The number of aromatic nitrogens is 3. The predicted octanol–water partition coefficient (Wildman–Crippen LogP) is 2.42. The molecule has 3 aromatic rings. The molecule has 7 nitrogen and oxygen atoms in total. The molecule has 0 aliphatic carbocycles. The maximum absolute atomic E-state index is 12.2. The zero-order chi connectivity index (χ0) is 17.5. The van der Waals surface area contributed by atoms with E-state index in [1.54, 1.807) is 30.5 Å². The first-order valence-corrected chi connectivity index (χ1v) is 7.52. The maximum Gasteiger partial charge on any atom is 0.270 e. The average Bonchev–Trinajstić information content (AvgIpc) is 2.67. The zero-order valence-corrected chi connectivity index (χ0v) is 13.2. The molecule has 0 atom stereocenters. The lowest BCUT2D eigenvalue weighted by Crippen LogP contribution is -2.24. The number of nitriles is 1. The van der Waals surface area contributed by atoms with Crippen LogP contribution in [-0.2, 0) is 6.54 Å². The summed E-state index contributed by atoms with van der Waals surface area (Å²) in [5, 5.41) is 14.8. The highest BCUT2D eigenvalue weighted by atomic mass is 16.1. The van der Waals surface area contributed by atoms with Gasteiger partial charge < -0.3 is 10.6 Å². The predicted molar refractivity (Wildman–Crippen MR) is 91.9 cm³/mol. The minimum absolute atomic E-state index is 0.241. The number of carbonyl (C=O) groups is 1. The van der Waals surface area contributed by atoms with E-state index in [0.717, 1.165) is 5.69 Å². The van der Waals surface area contributed by atoms with Crippen molar-refractivity contribution in [3.63, 3.8) is 0 Å². The lowest BCUT2D eigenvalue weighted by molar-refractivity contribution is 0.0945. The molecule has 0 fully saturated rings. The van der Waals surface area contributed by atoms with E-state index in [2.05, 4.69) is 31.7 Å². The molecule has 0 radical (unpaired) electrons. The Hall–Kier alpha value is -3.79. The van der Waals surface area contributed by atoms with Gasteiger partial charge in [0.25, 0.3) is 5.91 Å². The number of benzene rings is 1. The fourth-order valence-corrected chi connectivity index (χ4v) is 2.13. The first-order chi connectivity index (χ1) is 12.2.